The number of rotatable bonds is 3. The average molecular weight is 340 g/mol. The Labute approximate surface area is 147 Å². The highest BCUT2D eigenvalue weighted by Gasteiger charge is 2.42. The fraction of sp³-hybridized carbons (Fsp3) is 0.474. The van der Waals surface area contributed by atoms with Gasteiger partial charge in [0.15, 0.2) is 5.96 Å². The first-order valence-corrected chi connectivity index (χ1v) is 8.81. The van der Waals surface area contributed by atoms with Gasteiger partial charge >= 0.3 is 0 Å². The summed E-state index contributed by atoms with van der Waals surface area (Å²) in [6, 6.07) is 9.94. The fourth-order valence-corrected chi connectivity index (χ4v) is 3.69. The van der Waals surface area contributed by atoms with Gasteiger partial charge in [-0.1, -0.05) is 18.2 Å². The molecule has 1 aromatic heterocycles. The van der Waals surface area contributed by atoms with E-state index in [-0.39, 0.29) is 0 Å². The topological polar surface area (TPSA) is 62.9 Å². The Balaban J connectivity index is 1.37. The van der Waals surface area contributed by atoms with Crippen LogP contribution in [0.15, 0.2) is 46.0 Å². The highest BCUT2D eigenvalue weighted by atomic mass is 16.5. The number of hydrogen-bond acceptors (Lipinski definition) is 4. The molecule has 1 atom stereocenters. The third-order valence-electron chi connectivity index (χ3n) is 5.13. The first-order valence-electron chi connectivity index (χ1n) is 8.81. The van der Waals surface area contributed by atoms with Crippen molar-refractivity contribution in [3.8, 4) is 11.5 Å². The molecule has 1 aromatic carbocycles. The maximum Gasteiger partial charge on any atom is 0.226 e. The lowest BCUT2D eigenvalue weighted by Crippen LogP contribution is -2.41. The molecule has 3 heterocycles. The van der Waals surface area contributed by atoms with Crippen molar-refractivity contribution in [1.82, 2.24) is 15.2 Å². The fourth-order valence-electron chi connectivity index (χ4n) is 3.69. The van der Waals surface area contributed by atoms with Gasteiger partial charge in [0.25, 0.3) is 0 Å². The third kappa shape index (κ3) is 3.39. The largest absolute Gasteiger partial charge is 0.444 e. The van der Waals surface area contributed by atoms with Crippen molar-refractivity contribution in [2.24, 2.45) is 10.4 Å². The van der Waals surface area contributed by atoms with E-state index in [9.17, 15) is 0 Å². The lowest BCUT2D eigenvalue weighted by molar-refractivity contribution is 0.156. The van der Waals surface area contributed by atoms with Crippen LogP contribution in [0, 0.1) is 5.41 Å². The number of ether oxygens (including phenoxy) is 1. The third-order valence-corrected chi connectivity index (χ3v) is 5.13. The maximum atomic E-state index is 5.61. The molecule has 6 nitrogen and oxygen atoms in total. The summed E-state index contributed by atoms with van der Waals surface area (Å²) in [6.45, 7) is 4.41. The van der Waals surface area contributed by atoms with Crippen LogP contribution in [-0.2, 0) is 11.3 Å². The molecule has 2 aliphatic rings. The van der Waals surface area contributed by atoms with E-state index in [1.165, 1.54) is 6.42 Å². The predicted molar refractivity (Wildman–Crippen MR) is 96.2 cm³/mol. The molecule has 2 saturated heterocycles. The molecular formula is C19H24N4O2. The molecule has 1 unspecified atom stereocenters. The summed E-state index contributed by atoms with van der Waals surface area (Å²) in [5.41, 5.74) is 2.19. The predicted octanol–water partition coefficient (Wildman–Crippen LogP) is 2.53. The number of oxazole rings is 1. The monoisotopic (exact) mass is 340 g/mol. The van der Waals surface area contributed by atoms with Crippen molar-refractivity contribution in [3.63, 3.8) is 0 Å². The summed E-state index contributed by atoms with van der Waals surface area (Å²) in [5.74, 6) is 1.57. The number of guanidine groups is 1. The summed E-state index contributed by atoms with van der Waals surface area (Å²) < 4.78 is 11.2. The van der Waals surface area contributed by atoms with Crippen LogP contribution in [0.5, 0.6) is 0 Å². The number of benzene rings is 1. The van der Waals surface area contributed by atoms with Gasteiger partial charge in [-0.25, -0.2) is 4.98 Å². The molecule has 25 heavy (non-hydrogen) atoms. The second-order valence-electron chi connectivity index (χ2n) is 6.88. The van der Waals surface area contributed by atoms with Gasteiger partial charge in [0.05, 0.1) is 18.8 Å². The highest BCUT2D eigenvalue weighted by molar-refractivity contribution is 5.80. The molecule has 4 rings (SSSR count). The zero-order chi connectivity index (χ0) is 17.1. The van der Waals surface area contributed by atoms with E-state index < -0.39 is 0 Å². The Kier molecular flexibility index (Phi) is 4.44. The van der Waals surface area contributed by atoms with Crippen molar-refractivity contribution in [2.75, 3.05) is 33.4 Å². The van der Waals surface area contributed by atoms with Gasteiger partial charge in [0, 0.05) is 37.7 Å². The van der Waals surface area contributed by atoms with Crippen molar-refractivity contribution in [2.45, 2.75) is 19.4 Å². The summed E-state index contributed by atoms with van der Waals surface area (Å²) in [4.78, 5) is 11.3. The number of nitrogens with zero attached hydrogens (tertiary/aromatic N) is 3. The molecule has 1 spiro atoms. The molecule has 2 fully saturated rings. The summed E-state index contributed by atoms with van der Waals surface area (Å²) >= 11 is 0. The first kappa shape index (κ1) is 16.1. The summed E-state index contributed by atoms with van der Waals surface area (Å²) in [7, 11) is 1.83. The molecular weight excluding hydrogens is 316 g/mol. The summed E-state index contributed by atoms with van der Waals surface area (Å²) in [6.07, 6.45) is 4.04. The molecule has 1 N–H and O–H groups in total. The van der Waals surface area contributed by atoms with Crippen LogP contribution in [0.25, 0.3) is 11.5 Å². The van der Waals surface area contributed by atoms with Crippen LogP contribution in [0.4, 0.5) is 0 Å². The van der Waals surface area contributed by atoms with E-state index in [4.69, 9.17) is 9.15 Å². The van der Waals surface area contributed by atoms with Gasteiger partial charge in [-0.05, 0) is 25.0 Å². The normalized spacial score (nSPS) is 23.6. The quantitative estimate of drug-likeness (QED) is 0.687. The van der Waals surface area contributed by atoms with Crippen molar-refractivity contribution < 1.29 is 9.15 Å². The van der Waals surface area contributed by atoms with Gasteiger partial charge in [-0.2, -0.15) is 0 Å². The Morgan fingerprint density at radius 2 is 2.20 bits per heavy atom. The highest BCUT2D eigenvalue weighted by Crippen LogP contribution is 2.38. The number of nitrogens with one attached hydrogen (secondary N) is 1. The SMILES string of the molecule is CN=C(NCc1coc(-c2ccccc2)n1)N1CCC2(CCOC2)C1. The molecule has 2 aliphatic heterocycles. The Bertz CT molecular complexity index is 735. The Morgan fingerprint density at radius 3 is 2.96 bits per heavy atom. The number of likely N-dealkylation sites (tertiary alicyclic amines) is 1. The van der Waals surface area contributed by atoms with Gasteiger partial charge in [0.2, 0.25) is 5.89 Å². The molecule has 0 aliphatic carbocycles. The van der Waals surface area contributed by atoms with Gasteiger partial charge < -0.3 is 19.4 Å². The van der Waals surface area contributed by atoms with Crippen LogP contribution in [0.3, 0.4) is 0 Å². The van der Waals surface area contributed by atoms with Crippen LogP contribution in [0.1, 0.15) is 18.5 Å². The minimum atomic E-state index is 0.325. The lowest BCUT2D eigenvalue weighted by Gasteiger charge is -2.24. The average Bonchev–Trinajstić information content (AvgIpc) is 3.39. The molecule has 0 bridgehead atoms. The van der Waals surface area contributed by atoms with Gasteiger partial charge in [-0.15, -0.1) is 0 Å². The zero-order valence-electron chi connectivity index (χ0n) is 14.6. The second kappa shape index (κ2) is 6.88. The van der Waals surface area contributed by atoms with E-state index in [0.717, 1.165) is 49.9 Å². The van der Waals surface area contributed by atoms with Crippen molar-refractivity contribution in [3.05, 3.63) is 42.3 Å². The van der Waals surface area contributed by atoms with Gasteiger partial charge in [0.1, 0.15) is 6.26 Å². The van der Waals surface area contributed by atoms with Crippen molar-refractivity contribution >= 4 is 5.96 Å². The minimum absolute atomic E-state index is 0.325. The number of aromatic nitrogens is 1. The second-order valence-corrected chi connectivity index (χ2v) is 6.88. The summed E-state index contributed by atoms with van der Waals surface area (Å²) in [5, 5.41) is 3.41. The van der Waals surface area contributed by atoms with Crippen LogP contribution in [0.2, 0.25) is 0 Å². The Hall–Kier alpha value is -2.34. The zero-order valence-corrected chi connectivity index (χ0v) is 14.6. The molecule has 0 amide bonds. The van der Waals surface area contributed by atoms with Crippen LogP contribution in [-0.4, -0.2) is 49.2 Å². The molecule has 132 valence electrons. The molecule has 0 radical (unpaired) electrons. The molecule has 2 aromatic rings. The molecule has 0 saturated carbocycles. The van der Waals surface area contributed by atoms with E-state index in [1.54, 1.807) is 6.26 Å². The standard InChI is InChI=1S/C19H24N4O2/c1-20-18(23-9-7-19(13-23)8-10-24-14-19)21-11-16-12-25-17(22-16)15-5-3-2-4-6-15/h2-6,12H,7-11,13-14H2,1H3,(H,20,21). The van der Waals surface area contributed by atoms with Crippen LogP contribution < -0.4 is 5.32 Å². The molecule has 6 heteroatoms. The maximum absolute atomic E-state index is 5.61. The van der Waals surface area contributed by atoms with Crippen molar-refractivity contribution in [1.29, 1.82) is 0 Å². The van der Waals surface area contributed by atoms with E-state index >= 15 is 0 Å². The first-order chi connectivity index (χ1) is 12.3. The van der Waals surface area contributed by atoms with Crippen LogP contribution >= 0.6 is 0 Å². The minimum Gasteiger partial charge on any atom is -0.444 e. The van der Waals surface area contributed by atoms with E-state index in [2.05, 4.69) is 20.2 Å². The van der Waals surface area contributed by atoms with E-state index in [0.29, 0.717) is 17.9 Å². The number of hydrogen-bond donors (Lipinski definition) is 1. The smallest absolute Gasteiger partial charge is 0.226 e. The van der Waals surface area contributed by atoms with Gasteiger partial charge in [-0.3, -0.25) is 4.99 Å². The van der Waals surface area contributed by atoms with E-state index in [1.807, 2.05) is 37.4 Å². The Morgan fingerprint density at radius 1 is 1.32 bits per heavy atom. The number of aliphatic imine (C=N–C) groups is 1. The lowest BCUT2D eigenvalue weighted by atomic mass is 9.87.